The Morgan fingerprint density at radius 1 is 0.609 bits per heavy atom. The van der Waals surface area contributed by atoms with Gasteiger partial charge in [-0.2, -0.15) is 4.98 Å². The van der Waals surface area contributed by atoms with Crippen LogP contribution in [0, 0.1) is 13.8 Å². The van der Waals surface area contributed by atoms with Crippen LogP contribution in [0.3, 0.4) is 0 Å². The minimum absolute atomic E-state index is 0.118. The summed E-state index contributed by atoms with van der Waals surface area (Å²) in [6.07, 6.45) is 0. The monoisotopic (exact) mass is 724 g/mol. The Hall–Kier alpha value is -3.65. The van der Waals surface area contributed by atoms with E-state index >= 15 is 0 Å². The highest BCUT2D eigenvalue weighted by atomic mass is 35.5. The van der Waals surface area contributed by atoms with Gasteiger partial charge in [0.25, 0.3) is 0 Å². The second-order valence-electron chi connectivity index (χ2n) is 10.1. The highest BCUT2D eigenvalue weighted by Crippen LogP contribution is 2.26. The molecule has 242 valence electrons. The van der Waals surface area contributed by atoms with Gasteiger partial charge in [0.15, 0.2) is 0 Å². The van der Waals surface area contributed by atoms with Crippen LogP contribution >= 0.6 is 58.0 Å². The molecular weight excluding hydrogens is 698 g/mol. The van der Waals surface area contributed by atoms with Gasteiger partial charge in [0.2, 0.25) is 11.9 Å². The molecule has 2 aromatic heterocycles. The van der Waals surface area contributed by atoms with E-state index in [1.807, 2.05) is 13.0 Å². The van der Waals surface area contributed by atoms with E-state index in [1.165, 1.54) is 6.07 Å². The van der Waals surface area contributed by atoms with E-state index in [9.17, 15) is 9.59 Å². The van der Waals surface area contributed by atoms with E-state index in [4.69, 9.17) is 58.0 Å². The number of carbonyl (C=O) groups is 2. The maximum absolute atomic E-state index is 12.2. The predicted octanol–water partition coefficient (Wildman–Crippen LogP) is 7.88. The molecule has 4 amide bonds. The third kappa shape index (κ3) is 10.7. The van der Waals surface area contributed by atoms with Gasteiger partial charge in [-0.05, 0) is 63.4 Å². The van der Waals surface area contributed by atoms with E-state index in [2.05, 4.69) is 58.1 Å². The van der Waals surface area contributed by atoms with Crippen LogP contribution in [0.5, 0.6) is 0 Å². The van der Waals surface area contributed by atoms with Crippen LogP contribution in [-0.2, 0) is 0 Å². The number of anilines is 5. The smallest absolute Gasteiger partial charge is 0.326 e. The summed E-state index contributed by atoms with van der Waals surface area (Å²) in [5.74, 6) is 1.19. The van der Waals surface area contributed by atoms with Crippen molar-refractivity contribution in [2.24, 2.45) is 0 Å². The zero-order valence-corrected chi connectivity index (χ0v) is 28.6. The topological polar surface area (TPSA) is 140 Å². The molecule has 1 fully saturated rings. The zero-order chi connectivity index (χ0) is 33.4. The highest BCUT2D eigenvalue weighted by molar-refractivity contribution is 6.42. The van der Waals surface area contributed by atoms with Gasteiger partial charge in [-0.15, -0.1) is 0 Å². The zero-order valence-electron chi connectivity index (χ0n) is 24.8. The van der Waals surface area contributed by atoms with Crippen LogP contribution in [0.1, 0.15) is 11.4 Å². The molecule has 46 heavy (non-hydrogen) atoms. The highest BCUT2D eigenvalue weighted by Gasteiger charge is 2.17. The van der Waals surface area contributed by atoms with Gasteiger partial charge in [0, 0.05) is 55.0 Å². The van der Waals surface area contributed by atoms with Crippen LogP contribution in [0.25, 0.3) is 0 Å². The first-order valence-corrected chi connectivity index (χ1v) is 15.6. The summed E-state index contributed by atoms with van der Waals surface area (Å²) in [6, 6.07) is 12.2. The third-order valence-electron chi connectivity index (χ3n) is 6.30. The number of benzene rings is 2. The lowest BCUT2D eigenvalue weighted by molar-refractivity contribution is 0.261. The normalized spacial score (nSPS) is 12.9. The van der Waals surface area contributed by atoms with E-state index in [0.717, 1.165) is 37.7 Å². The van der Waals surface area contributed by atoms with E-state index < -0.39 is 12.1 Å². The molecule has 0 atom stereocenters. The number of amides is 4. The molecule has 1 saturated heterocycles. The molecule has 1 aliphatic rings. The van der Waals surface area contributed by atoms with Crippen LogP contribution in [0.4, 0.5) is 38.7 Å². The number of aryl methyl sites for hydroxylation is 2. The molecule has 0 saturated carbocycles. The van der Waals surface area contributed by atoms with Crippen molar-refractivity contribution < 1.29 is 9.59 Å². The van der Waals surface area contributed by atoms with Gasteiger partial charge >= 0.3 is 12.1 Å². The third-order valence-corrected chi connectivity index (χ3v) is 7.97. The molecule has 12 nitrogen and oxygen atoms in total. The van der Waals surface area contributed by atoms with Gasteiger partial charge in [-0.25, -0.2) is 24.5 Å². The number of piperazine rings is 1. The fourth-order valence-corrected chi connectivity index (χ4v) is 4.90. The van der Waals surface area contributed by atoms with Gasteiger partial charge in [-0.3, -0.25) is 10.6 Å². The number of carbonyl (C=O) groups excluding carboxylic acids is 2. The van der Waals surface area contributed by atoms with Crippen molar-refractivity contribution in [1.29, 1.82) is 0 Å². The van der Waals surface area contributed by atoms with Crippen LogP contribution in [0.15, 0.2) is 48.5 Å². The number of nitrogens with zero attached hydrogens (tertiary/aromatic N) is 6. The Labute approximate surface area is 290 Å². The van der Waals surface area contributed by atoms with Gasteiger partial charge in [0.05, 0.1) is 20.1 Å². The number of rotatable bonds is 5. The standard InChI is InChI=1S/C17H20Cl2N6O.C12H9Cl3N4O/c1-11-9-15(25-7-5-24(2)6-8-25)22-16(20-11)23-17(26)21-12-3-4-13(18)14(19)10-12;1-6-4-10(15)18-11(16-6)19-12(20)17-7-2-3-8(13)9(14)5-7/h3-4,9-10H,5-8H2,1-2H3,(H2,20,21,22,23,26);2-5H,1H3,(H2,16,17,18,19,20). The number of urea groups is 2. The lowest BCUT2D eigenvalue weighted by Gasteiger charge is -2.33. The minimum Gasteiger partial charge on any atom is -0.354 e. The molecule has 17 heteroatoms. The lowest BCUT2D eigenvalue weighted by Crippen LogP contribution is -2.45. The first-order valence-electron chi connectivity index (χ1n) is 13.7. The van der Waals surface area contributed by atoms with E-state index in [0.29, 0.717) is 37.2 Å². The fraction of sp³-hybridized carbons (Fsp3) is 0.241. The van der Waals surface area contributed by atoms with Crippen molar-refractivity contribution in [3.63, 3.8) is 0 Å². The summed E-state index contributed by atoms with van der Waals surface area (Å²) in [7, 11) is 2.10. The van der Waals surface area contributed by atoms with Gasteiger partial charge in [-0.1, -0.05) is 58.0 Å². The number of aromatic nitrogens is 4. The molecule has 1 aliphatic heterocycles. The first-order chi connectivity index (χ1) is 21.8. The van der Waals surface area contributed by atoms with Crippen LogP contribution < -0.4 is 26.2 Å². The van der Waals surface area contributed by atoms with Crippen molar-refractivity contribution in [2.75, 3.05) is 59.4 Å². The Morgan fingerprint density at radius 3 is 1.57 bits per heavy atom. The second kappa shape index (κ2) is 16.3. The Bertz CT molecular complexity index is 1700. The number of hydrogen-bond donors (Lipinski definition) is 4. The van der Waals surface area contributed by atoms with E-state index in [1.54, 1.807) is 43.3 Å². The second-order valence-corrected chi connectivity index (χ2v) is 12.1. The molecule has 4 aromatic rings. The van der Waals surface area contributed by atoms with Crippen LogP contribution in [-0.4, -0.2) is 70.1 Å². The Kier molecular flexibility index (Phi) is 12.4. The van der Waals surface area contributed by atoms with Crippen molar-refractivity contribution in [2.45, 2.75) is 13.8 Å². The summed E-state index contributed by atoms with van der Waals surface area (Å²) in [5.41, 5.74) is 2.47. The summed E-state index contributed by atoms with van der Waals surface area (Å²) >= 11 is 29.3. The Balaban J connectivity index is 0.000000216. The summed E-state index contributed by atoms with van der Waals surface area (Å²) in [5, 5.41) is 12.2. The molecule has 0 spiro atoms. The lowest BCUT2D eigenvalue weighted by atomic mass is 10.3. The van der Waals surface area contributed by atoms with Gasteiger partial charge < -0.3 is 20.4 Å². The number of likely N-dealkylation sites (N-methyl/N-ethyl adjacent to an activating group) is 1. The molecule has 0 bridgehead atoms. The maximum Gasteiger partial charge on any atom is 0.326 e. The SMILES string of the molecule is Cc1cc(Cl)nc(NC(=O)Nc2ccc(Cl)c(Cl)c2)n1.Cc1cc(N2CCN(C)CC2)nc(NC(=O)Nc2ccc(Cl)c(Cl)c2)n1. The van der Waals surface area contributed by atoms with Crippen molar-refractivity contribution in [1.82, 2.24) is 24.8 Å². The number of hydrogen-bond acceptors (Lipinski definition) is 8. The molecule has 3 heterocycles. The maximum atomic E-state index is 12.2. The van der Waals surface area contributed by atoms with Crippen molar-refractivity contribution in [3.8, 4) is 0 Å². The van der Waals surface area contributed by atoms with Crippen LogP contribution in [0.2, 0.25) is 25.2 Å². The average molecular weight is 727 g/mol. The molecule has 0 aliphatic carbocycles. The quantitative estimate of drug-likeness (QED) is 0.152. The molecule has 0 radical (unpaired) electrons. The summed E-state index contributed by atoms with van der Waals surface area (Å²) in [4.78, 5) is 45.1. The predicted molar refractivity (Wildman–Crippen MR) is 186 cm³/mol. The molecule has 4 N–H and O–H groups in total. The largest absolute Gasteiger partial charge is 0.354 e. The average Bonchev–Trinajstić information content (AvgIpc) is 2.97. The fourth-order valence-electron chi connectivity index (χ4n) is 4.07. The van der Waals surface area contributed by atoms with E-state index in [-0.39, 0.29) is 17.0 Å². The Morgan fingerprint density at radius 2 is 1.09 bits per heavy atom. The van der Waals surface area contributed by atoms with Crippen molar-refractivity contribution in [3.05, 3.63) is 85.2 Å². The van der Waals surface area contributed by atoms with Crippen molar-refractivity contribution >= 4 is 99.2 Å². The number of halogens is 5. The van der Waals surface area contributed by atoms with Gasteiger partial charge in [0.1, 0.15) is 11.0 Å². The molecular formula is C29H29Cl5N10O2. The number of nitrogens with one attached hydrogen (secondary N) is 4. The molecule has 0 unspecified atom stereocenters. The summed E-state index contributed by atoms with van der Waals surface area (Å²) < 4.78 is 0. The first kappa shape index (κ1) is 35.2. The minimum atomic E-state index is -0.509. The molecule has 2 aromatic carbocycles. The summed E-state index contributed by atoms with van der Waals surface area (Å²) in [6.45, 7) is 7.36. The molecule has 5 rings (SSSR count).